The Hall–Kier alpha value is -2.29. The molecular weight excluding hydrogens is 406 g/mol. The van der Waals surface area contributed by atoms with Crippen molar-refractivity contribution < 1.29 is 12.4 Å². The van der Waals surface area contributed by atoms with Crippen LogP contribution in [0.2, 0.25) is 0 Å². The maximum atomic E-state index is 12.9. The minimum atomic E-state index is -0.339. The van der Waals surface area contributed by atoms with E-state index in [2.05, 4.69) is 15.2 Å². The summed E-state index contributed by atoms with van der Waals surface area (Å²) in [5.41, 5.74) is 0.381. The van der Waals surface area contributed by atoms with Crippen LogP contribution in [0.15, 0.2) is 14.6 Å². The molecule has 30 heavy (non-hydrogen) atoms. The lowest BCUT2D eigenvalue weighted by Gasteiger charge is -2.28. The fourth-order valence-electron chi connectivity index (χ4n) is 4.29. The van der Waals surface area contributed by atoms with Crippen molar-refractivity contribution in [3.63, 3.8) is 0 Å². The third-order valence-corrected chi connectivity index (χ3v) is 5.98. The highest BCUT2D eigenvalue weighted by atomic mass is 35.5. The molecular formula is C20H31ClN7O2-. The Morgan fingerprint density at radius 2 is 1.77 bits per heavy atom. The second-order valence-electron chi connectivity index (χ2n) is 8.05. The van der Waals surface area contributed by atoms with E-state index in [9.17, 15) is 9.59 Å². The molecule has 1 fully saturated rings. The molecule has 4 heterocycles. The lowest BCUT2D eigenvalue weighted by molar-refractivity contribution is -0.00000642. The summed E-state index contributed by atoms with van der Waals surface area (Å²) in [7, 11) is 3.22. The molecule has 166 valence electrons. The van der Waals surface area contributed by atoms with Crippen LogP contribution in [0, 0.1) is 0 Å². The number of rotatable bonds is 5. The van der Waals surface area contributed by atoms with Gasteiger partial charge in [0.05, 0.1) is 5.84 Å². The molecule has 0 spiro atoms. The molecule has 0 atom stereocenters. The topological polar surface area (TPSA) is 89.4 Å². The lowest BCUT2D eigenvalue weighted by Crippen LogP contribution is -3.00. The van der Waals surface area contributed by atoms with Crippen molar-refractivity contribution >= 4 is 22.9 Å². The van der Waals surface area contributed by atoms with Crippen LogP contribution in [-0.4, -0.2) is 50.7 Å². The molecule has 0 bridgehead atoms. The summed E-state index contributed by atoms with van der Waals surface area (Å²) in [5.74, 6) is 1.91. The Kier molecular flexibility index (Phi) is 7.23. The van der Waals surface area contributed by atoms with Gasteiger partial charge >= 0.3 is 5.69 Å². The van der Waals surface area contributed by atoms with Crippen molar-refractivity contribution in [2.75, 3.05) is 31.1 Å². The summed E-state index contributed by atoms with van der Waals surface area (Å²) in [4.78, 5) is 36.9. The average molecular weight is 437 g/mol. The van der Waals surface area contributed by atoms with Gasteiger partial charge in [0, 0.05) is 53.2 Å². The molecule has 2 aliphatic rings. The van der Waals surface area contributed by atoms with Crippen LogP contribution < -0.4 is 33.9 Å². The monoisotopic (exact) mass is 436 g/mol. The van der Waals surface area contributed by atoms with Crippen LogP contribution in [0.5, 0.6) is 0 Å². The number of amidine groups is 1. The number of imidazole rings is 1. The number of nitrogens with one attached hydrogen (secondary N) is 1. The highest BCUT2D eigenvalue weighted by Gasteiger charge is 2.23. The standard InChI is InChI=1S/C20H31N7O2.ClH/c1-24-17-16(18(28)25(2)20(24)29)27(19(23-17)26-12-6-3-7-13-26)14-8-11-22-15-9-4-5-10-21-15;/h3-14H2,1-2H3,(H,21,22);1H/p-1. The first-order valence-corrected chi connectivity index (χ1v) is 10.8. The van der Waals surface area contributed by atoms with Crippen molar-refractivity contribution in [2.45, 2.75) is 51.5 Å². The van der Waals surface area contributed by atoms with Gasteiger partial charge in [-0.05, 0) is 38.5 Å². The van der Waals surface area contributed by atoms with Gasteiger partial charge in [0.15, 0.2) is 11.2 Å². The highest BCUT2D eigenvalue weighted by molar-refractivity contribution is 5.82. The molecule has 0 saturated carbocycles. The first kappa shape index (κ1) is 22.4. The zero-order valence-electron chi connectivity index (χ0n) is 17.9. The van der Waals surface area contributed by atoms with E-state index in [0.717, 1.165) is 63.6 Å². The van der Waals surface area contributed by atoms with Crippen LogP contribution in [0.4, 0.5) is 5.95 Å². The quantitative estimate of drug-likeness (QED) is 0.547. The lowest BCUT2D eigenvalue weighted by atomic mass is 10.1. The summed E-state index contributed by atoms with van der Waals surface area (Å²) < 4.78 is 4.68. The highest BCUT2D eigenvalue weighted by Crippen LogP contribution is 2.23. The van der Waals surface area contributed by atoms with Gasteiger partial charge in [0.2, 0.25) is 5.95 Å². The summed E-state index contributed by atoms with van der Waals surface area (Å²) in [6.45, 7) is 4.27. The Morgan fingerprint density at radius 3 is 2.47 bits per heavy atom. The van der Waals surface area contributed by atoms with Gasteiger partial charge in [0.1, 0.15) is 0 Å². The third kappa shape index (κ3) is 4.26. The van der Waals surface area contributed by atoms with E-state index < -0.39 is 0 Å². The van der Waals surface area contributed by atoms with Crippen LogP contribution in [0.1, 0.15) is 44.9 Å². The number of anilines is 1. The van der Waals surface area contributed by atoms with Crippen molar-refractivity contribution in [3.8, 4) is 0 Å². The molecule has 0 aliphatic carbocycles. The first-order chi connectivity index (χ1) is 14.1. The molecule has 0 unspecified atom stereocenters. The molecule has 0 radical (unpaired) electrons. The number of piperidine rings is 1. The summed E-state index contributed by atoms with van der Waals surface area (Å²) in [6.07, 6.45) is 7.73. The molecule has 4 rings (SSSR count). The molecule has 0 amide bonds. The van der Waals surface area contributed by atoms with Crippen LogP contribution in [0.3, 0.4) is 0 Å². The van der Waals surface area contributed by atoms with E-state index in [1.807, 2.05) is 4.57 Å². The molecule has 2 aromatic heterocycles. The molecule has 10 heteroatoms. The fourth-order valence-corrected chi connectivity index (χ4v) is 4.29. The number of hydrogen-bond acceptors (Lipinski definition) is 6. The minimum Gasteiger partial charge on any atom is -1.00 e. The van der Waals surface area contributed by atoms with Crippen LogP contribution >= 0.6 is 0 Å². The first-order valence-electron chi connectivity index (χ1n) is 10.8. The third-order valence-electron chi connectivity index (χ3n) is 5.98. The van der Waals surface area contributed by atoms with E-state index >= 15 is 0 Å². The molecule has 9 nitrogen and oxygen atoms in total. The van der Waals surface area contributed by atoms with E-state index in [4.69, 9.17) is 4.98 Å². The number of aryl methyl sites for hydroxylation is 2. The zero-order valence-corrected chi connectivity index (χ0v) is 18.6. The van der Waals surface area contributed by atoms with E-state index in [-0.39, 0.29) is 23.7 Å². The van der Waals surface area contributed by atoms with Gasteiger partial charge in [-0.25, -0.2) is 4.79 Å². The van der Waals surface area contributed by atoms with Gasteiger partial charge in [-0.1, -0.05) is 0 Å². The van der Waals surface area contributed by atoms with Gasteiger partial charge in [-0.2, -0.15) is 4.98 Å². The molecule has 2 aliphatic heterocycles. The van der Waals surface area contributed by atoms with Gasteiger partial charge in [-0.15, -0.1) is 0 Å². The van der Waals surface area contributed by atoms with E-state index in [1.165, 1.54) is 35.4 Å². The van der Waals surface area contributed by atoms with Gasteiger partial charge in [0.25, 0.3) is 5.56 Å². The van der Waals surface area contributed by atoms with Gasteiger partial charge in [-0.3, -0.25) is 18.9 Å². The Labute approximate surface area is 182 Å². The second-order valence-corrected chi connectivity index (χ2v) is 8.05. The number of halogens is 1. The maximum absolute atomic E-state index is 12.9. The van der Waals surface area contributed by atoms with Crippen LogP contribution in [-0.2, 0) is 20.6 Å². The number of nitrogens with zero attached hydrogens (tertiary/aromatic N) is 6. The average Bonchev–Trinajstić information content (AvgIpc) is 3.15. The maximum Gasteiger partial charge on any atom is 0.332 e. The number of fused-ring (bicyclic) bond motifs is 1. The van der Waals surface area contributed by atoms with Crippen molar-refractivity contribution in [2.24, 2.45) is 19.1 Å². The summed E-state index contributed by atoms with van der Waals surface area (Å²) >= 11 is 0. The zero-order chi connectivity index (χ0) is 20.4. The van der Waals surface area contributed by atoms with E-state index in [0.29, 0.717) is 17.7 Å². The van der Waals surface area contributed by atoms with E-state index in [1.54, 1.807) is 7.05 Å². The second kappa shape index (κ2) is 9.68. The Bertz CT molecular complexity index is 1030. The molecule has 1 N–H and O–H groups in total. The predicted octanol–water partition coefficient (Wildman–Crippen LogP) is -2.01. The Morgan fingerprint density at radius 1 is 1.00 bits per heavy atom. The largest absolute Gasteiger partial charge is 1.00 e. The normalized spacial score (nSPS) is 17.0. The summed E-state index contributed by atoms with van der Waals surface area (Å²) in [6, 6.07) is 0. The number of aromatic nitrogens is 4. The number of aliphatic imine (C=N–C) groups is 1. The SMILES string of the molecule is Cn1c(=O)c2c(nc(N3CCCCC3)n2CCCNC2=NCCCC2)n(C)c1=O.[Cl-]. The minimum absolute atomic E-state index is 0. The van der Waals surface area contributed by atoms with Crippen molar-refractivity contribution in [1.82, 2.24) is 24.0 Å². The molecule has 2 aromatic rings. The van der Waals surface area contributed by atoms with Crippen molar-refractivity contribution in [3.05, 3.63) is 20.8 Å². The fraction of sp³-hybridized carbons (Fsp3) is 0.700. The Balaban J connectivity index is 0.00000256. The smallest absolute Gasteiger partial charge is 0.332 e. The molecule has 0 aromatic carbocycles. The van der Waals surface area contributed by atoms with Gasteiger partial charge < -0.3 is 27.2 Å². The van der Waals surface area contributed by atoms with Crippen molar-refractivity contribution in [1.29, 1.82) is 0 Å². The number of hydrogen-bond donors (Lipinski definition) is 1. The molecule has 1 saturated heterocycles. The van der Waals surface area contributed by atoms with Crippen LogP contribution in [0.25, 0.3) is 11.2 Å². The predicted molar refractivity (Wildman–Crippen MR) is 115 cm³/mol. The summed E-state index contributed by atoms with van der Waals surface area (Å²) in [5, 5.41) is 3.44.